The maximum absolute atomic E-state index is 11.4. The van der Waals surface area contributed by atoms with E-state index in [9.17, 15) is 19.8 Å². The van der Waals surface area contributed by atoms with Crippen molar-refractivity contribution in [1.82, 2.24) is 0 Å². The molecule has 0 aliphatic carbocycles. The first-order chi connectivity index (χ1) is 9.81. The Balaban J connectivity index is 5.23. The van der Waals surface area contributed by atoms with Gasteiger partial charge in [0.25, 0.3) is 0 Å². The van der Waals surface area contributed by atoms with E-state index < -0.39 is 41.5 Å². The molecule has 0 heterocycles. The Bertz CT molecular complexity index is 385. The molecule has 2 unspecified atom stereocenters. The maximum Gasteiger partial charge on any atom is 0.335 e. The van der Waals surface area contributed by atoms with Crippen LogP contribution in [0.4, 0.5) is 0 Å². The van der Waals surface area contributed by atoms with Crippen LogP contribution in [0, 0.1) is 0 Å². The fourth-order valence-corrected chi connectivity index (χ4v) is 1.50. The van der Waals surface area contributed by atoms with Crippen LogP contribution in [0.2, 0.25) is 0 Å². The molecule has 0 aromatic rings. The molecule has 0 bridgehead atoms. The van der Waals surface area contributed by atoms with Gasteiger partial charge in [0.1, 0.15) is 6.10 Å². The van der Waals surface area contributed by atoms with Crippen LogP contribution in [-0.4, -0.2) is 70.5 Å². The lowest BCUT2D eigenvalue weighted by molar-refractivity contribution is -0.204. The number of hydrogen-bond acceptors (Lipinski definition) is 6. The number of hydrogen-bond donors (Lipinski definition) is 3. The van der Waals surface area contributed by atoms with Crippen molar-refractivity contribution >= 4 is 11.9 Å². The van der Waals surface area contributed by atoms with Crippen molar-refractivity contribution in [2.75, 3.05) is 13.7 Å². The zero-order valence-electron chi connectivity index (χ0n) is 13.8. The van der Waals surface area contributed by atoms with Crippen LogP contribution < -0.4 is 0 Å². The first-order valence-electron chi connectivity index (χ1n) is 6.80. The predicted octanol–water partition coefficient (Wildman–Crippen LogP) is 0.510. The van der Waals surface area contributed by atoms with Gasteiger partial charge in [-0.2, -0.15) is 0 Å². The minimum Gasteiger partial charge on any atom is -0.479 e. The lowest BCUT2D eigenvalue weighted by Gasteiger charge is -2.34. The van der Waals surface area contributed by atoms with Crippen molar-refractivity contribution in [1.29, 1.82) is 0 Å². The second-order valence-corrected chi connectivity index (χ2v) is 6.41. The second-order valence-electron chi connectivity index (χ2n) is 6.41. The topological polar surface area (TPSA) is 123 Å². The second kappa shape index (κ2) is 7.87. The fourth-order valence-electron chi connectivity index (χ4n) is 1.50. The Morgan fingerprint density at radius 3 is 1.86 bits per heavy atom. The summed E-state index contributed by atoms with van der Waals surface area (Å²) in [4.78, 5) is 22.3. The number of aliphatic hydroxyl groups is 1. The van der Waals surface area contributed by atoms with E-state index in [2.05, 4.69) is 0 Å². The van der Waals surface area contributed by atoms with Crippen molar-refractivity contribution in [3.63, 3.8) is 0 Å². The molecule has 0 radical (unpaired) electrons. The number of methoxy groups -OCH3 is 1. The zero-order chi connectivity index (χ0) is 17.7. The molecule has 0 saturated carbocycles. The lowest BCUT2D eigenvalue weighted by atomic mass is 10.0. The third-order valence-electron chi connectivity index (χ3n) is 2.98. The summed E-state index contributed by atoms with van der Waals surface area (Å²) in [5, 5.41) is 27.9. The molecule has 0 aliphatic rings. The Morgan fingerprint density at radius 1 is 1.05 bits per heavy atom. The Labute approximate surface area is 130 Å². The van der Waals surface area contributed by atoms with E-state index in [0.717, 1.165) is 0 Å². The summed E-state index contributed by atoms with van der Waals surface area (Å²) >= 11 is 0. The van der Waals surface area contributed by atoms with Crippen molar-refractivity contribution in [3.05, 3.63) is 0 Å². The Morgan fingerprint density at radius 2 is 1.55 bits per heavy atom. The number of rotatable bonds is 9. The van der Waals surface area contributed by atoms with Crippen LogP contribution in [0.3, 0.4) is 0 Å². The molecule has 0 aromatic heterocycles. The third-order valence-corrected chi connectivity index (χ3v) is 2.98. The molecule has 3 N–H and O–H groups in total. The first kappa shape index (κ1) is 20.8. The fraction of sp³-hybridized carbons (Fsp3) is 0.857. The molecule has 22 heavy (non-hydrogen) atoms. The summed E-state index contributed by atoms with van der Waals surface area (Å²) in [5.74, 6) is -2.85. The van der Waals surface area contributed by atoms with Crippen LogP contribution in [0.25, 0.3) is 0 Å². The van der Waals surface area contributed by atoms with E-state index >= 15 is 0 Å². The highest BCUT2D eigenvalue weighted by Gasteiger charge is 2.41. The standard InChI is InChI=1S/C14H26O8/c1-13(2,3)21-7-8(9(15)11(16)17)22-10(12(18)19)14(4,5)20-6/h8-10,15H,7H2,1-6H3,(H,16,17)(H,18,19)/t8?,9-,10?/m1/s1. The van der Waals surface area contributed by atoms with Crippen molar-refractivity contribution in [3.8, 4) is 0 Å². The smallest absolute Gasteiger partial charge is 0.335 e. The highest BCUT2D eigenvalue weighted by atomic mass is 16.6. The van der Waals surface area contributed by atoms with Gasteiger partial charge in [-0.05, 0) is 34.6 Å². The normalized spacial score (nSPS) is 16.9. The number of carbonyl (C=O) groups is 2. The van der Waals surface area contributed by atoms with Crippen LogP contribution >= 0.6 is 0 Å². The Kier molecular flexibility index (Phi) is 7.43. The molecule has 0 aromatic carbocycles. The van der Waals surface area contributed by atoms with Crippen LogP contribution in [0.1, 0.15) is 34.6 Å². The first-order valence-corrected chi connectivity index (χ1v) is 6.80. The minimum absolute atomic E-state index is 0.277. The zero-order valence-corrected chi connectivity index (χ0v) is 13.8. The van der Waals surface area contributed by atoms with Crippen LogP contribution in [0.15, 0.2) is 0 Å². The van der Waals surface area contributed by atoms with Crippen molar-refractivity contribution < 1.29 is 39.1 Å². The molecule has 0 fully saturated rings. The average Bonchev–Trinajstić information content (AvgIpc) is 2.36. The van der Waals surface area contributed by atoms with Gasteiger partial charge >= 0.3 is 11.9 Å². The molecule has 0 rings (SSSR count). The minimum atomic E-state index is -1.92. The molecule has 0 aliphatic heterocycles. The largest absolute Gasteiger partial charge is 0.479 e. The summed E-state index contributed by atoms with van der Waals surface area (Å²) < 4.78 is 15.8. The van der Waals surface area contributed by atoms with Gasteiger partial charge in [0.2, 0.25) is 0 Å². The van der Waals surface area contributed by atoms with Crippen LogP contribution in [-0.2, 0) is 23.8 Å². The van der Waals surface area contributed by atoms with E-state index in [-0.39, 0.29) is 6.61 Å². The monoisotopic (exact) mass is 322 g/mol. The van der Waals surface area contributed by atoms with E-state index in [1.165, 1.54) is 21.0 Å². The highest BCUT2D eigenvalue weighted by molar-refractivity contribution is 5.75. The van der Waals surface area contributed by atoms with Gasteiger partial charge in [0, 0.05) is 7.11 Å². The summed E-state index contributed by atoms with van der Waals surface area (Å²) in [6, 6.07) is 0. The van der Waals surface area contributed by atoms with E-state index in [1.807, 2.05) is 0 Å². The number of carboxylic acid groups (broad SMARTS) is 2. The third kappa shape index (κ3) is 6.69. The summed E-state index contributed by atoms with van der Waals surface area (Å²) in [5.41, 5.74) is -1.82. The highest BCUT2D eigenvalue weighted by Crippen LogP contribution is 2.21. The molecular formula is C14H26O8. The van der Waals surface area contributed by atoms with Crippen molar-refractivity contribution in [2.24, 2.45) is 0 Å². The lowest BCUT2D eigenvalue weighted by Crippen LogP contribution is -2.52. The van der Waals surface area contributed by atoms with Gasteiger partial charge in [0.05, 0.1) is 17.8 Å². The maximum atomic E-state index is 11.4. The predicted molar refractivity (Wildman–Crippen MR) is 76.7 cm³/mol. The van der Waals surface area contributed by atoms with E-state index in [4.69, 9.17) is 19.3 Å². The number of aliphatic hydroxyl groups excluding tert-OH is 1. The molecule has 3 atom stereocenters. The number of aliphatic carboxylic acids is 2. The van der Waals surface area contributed by atoms with Gasteiger partial charge in [-0.1, -0.05) is 0 Å². The van der Waals surface area contributed by atoms with E-state index in [0.29, 0.717) is 0 Å². The van der Waals surface area contributed by atoms with Gasteiger partial charge in [0.15, 0.2) is 12.2 Å². The van der Waals surface area contributed by atoms with E-state index in [1.54, 1.807) is 20.8 Å². The summed E-state index contributed by atoms with van der Waals surface area (Å²) in [6.45, 7) is 7.92. The molecule has 0 saturated heterocycles. The molecule has 0 spiro atoms. The molecule has 130 valence electrons. The Hall–Kier alpha value is -1.22. The molecule has 8 heteroatoms. The van der Waals surface area contributed by atoms with Gasteiger partial charge in [-0.3, -0.25) is 0 Å². The average molecular weight is 322 g/mol. The summed E-state index contributed by atoms with van der Waals surface area (Å²) in [6.07, 6.45) is -4.75. The number of ether oxygens (including phenoxy) is 3. The van der Waals surface area contributed by atoms with Gasteiger partial charge in [-0.15, -0.1) is 0 Å². The SMILES string of the molecule is COC(C)(C)C(OC(COC(C)(C)C)[C@@H](O)C(=O)O)C(=O)O. The molecular weight excluding hydrogens is 296 g/mol. The quantitative estimate of drug-likeness (QED) is 0.561. The van der Waals surface area contributed by atoms with Crippen LogP contribution in [0.5, 0.6) is 0 Å². The van der Waals surface area contributed by atoms with Gasteiger partial charge < -0.3 is 29.5 Å². The van der Waals surface area contributed by atoms with Crippen molar-refractivity contribution in [2.45, 2.75) is 64.1 Å². The molecule has 8 nitrogen and oxygen atoms in total. The number of carboxylic acids is 2. The van der Waals surface area contributed by atoms with Gasteiger partial charge in [-0.25, -0.2) is 9.59 Å². The summed E-state index contributed by atoms with van der Waals surface area (Å²) in [7, 11) is 1.31. The molecule has 0 amide bonds.